The van der Waals surface area contributed by atoms with Crippen molar-refractivity contribution in [2.45, 2.75) is 46.1 Å². The van der Waals surface area contributed by atoms with Gasteiger partial charge in [-0.2, -0.15) is 0 Å². The van der Waals surface area contributed by atoms with Crippen molar-refractivity contribution in [1.82, 2.24) is 10.2 Å². The minimum atomic E-state index is -0.830. The summed E-state index contributed by atoms with van der Waals surface area (Å²) in [6.45, 7) is 9.56. The molecule has 2 heterocycles. The number of hydrogen-bond donors (Lipinski definition) is 3. The Labute approximate surface area is 234 Å². The summed E-state index contributed by atoms with van der Waals surface area (Å²) >= 11 is 0. The molecule has 1 saturated heterocycles. The Hall–Kier alpha value is -4.08. The lowest BCUT2D eigenvalue weighted by Gasteiger charge is -2.29. The van der Waals surface area contributed by atoms with Crippen molar-refractivity contribution >= 4 is 29.2 Å². The average molecular weight is 551 g/mol. The van der Waals surface area contributed by atoms with Gasteiger partial charge in [0.15, 0.2) is 5.78 Å². The van der Waals surface area contributed by atoms with Gasteiger partial charge in [-0.25, -0.2) is 0 Å². The van der Waals surface area contributed by atoms with Gasteiger partial charge in [0, 0.05) is 43.4 Å². The number of Topliss-reactive ketones (excluding diaryl/α,β-unsaturated/α-hetero) is 1. The highest BCUT2D eigenvalue weighted by Gasteiger charge is 2.34. The molecule has 3 N–H and O–H groups in total. The molecule has 0 aromatic heterocycles. The summed E-state index contributed by atoms with van der Waals surface area (Å²) < 4.78 is 11.5. The third kappa shape index (κ3) is 5.48. The van der Waals surface area contributed by atoms with Crippen LogP contribution >= 0.6 is 0 Å². The van der Waals surface area contributed by atoms with E-state index in [2.05, 4.69) is 5.32 Å². The predicted molar refractivity (Wildman–Crippen MR) is 152 cm³/mol. The fraction of sp³-hybridized carbons (Fsp3) is 0.467. The van der Waals surface area contributed by atoms with E-state index in [-0.39, 0.29) is 29.5 Å². The molecule has 4 rings (SSSR count). The van der Waals surface area contributed by atoms with Crippen molar-refractivity contribution in [2.75, 3.05) is 45.3 Å². The summed E-state index contributed by atoms with van der Waals surface area (Å²) in [5, 5.41) is 20.9. The highest BCUT2D eigenvalue weighted by molar-refractivity contribution is 6.08. The maximum absolute atomic E-state index is 13.7. The number of carboxylic acid groups (broad SMARTS) is 1. The zero-order valence-electron chi connectivity index (χ0n) is 24.0. The number of anilines is 1. The van der Waals surface area contributed by atoms with Crippen LogP contribution in [0.3, 0.4) is 0 Å². The van der Waals surface area contributed by atoms with Crippen molar-refractivity contribution in [1.29, 1.82) is 5.41 Å². The molecule has 214 valence electrons. The van der Waals surface area contributed by atoms with E-state index in [9.17, 15) is 19.5 Å². The van der Waals surface area contributed by atoms with Gasteiger partial charge in [0.2, 0.25) is 0 Å². The third-order valence-electron chi connectivity index (χ3n) is 7.53. The lowest BCUT2D eigenvalue weighted by Crippen LogP contribution is -2.31. The van der Waals surface area contributed by atoms with Crippen LogP contribution in [0.2, 0.25) is 0 Å². The zero-order chi connectivity index (χ0) is 29.4. The van der Waals surface area contributed by atoms with Gasteiger partial charge >= 0.3 is 5.97 Å². The molecule has 10 nitrogen and oxygen atoms in total. The van der Waals surface area contributed by atoms with Gasteiger partial charge in [0.05, 0.1) is 37.4 Å². The average Bonchev–Trinajstić information content (AvgIpc) is 3.52. The molecular weight excluding hydrogens is 512 g/mol. The number of fused-ring (bicyclic) bond motifs is 1. The van der Waals surface area contributed by atoms with Gasteiger partial charge in [-0.05, 0) is 48.6 Å². The number of amides is 1. The van der Waals surface area contributed by atoms with E-state index in [1.54, 1.807) is 37.3 Å². The Morgan fingerprint density at radius 3 is 2.48 bits per heavy atom. The van der Waals surface area contributed by atoms with Gasteiger partial charge in [0.1, 0.15) is 17.3 Å². The van der Waals surface area contributed by atoms with Crippen LogP contribution in [0.25, 0.3) is 0 Å². The monoisotopic (exact) mass is 550 g/mol. The molecule has 0 aliphatic carbocycles. The van der Waals surface area contributed by atoms with Crippen LogP contribution in [0.15, 0.2) is 24.3 Å². The smallest absolute Gasteiger partial charge is 0.308 e. The first-order chi connectivity index (χ1) is 18.9. The number of nitrogens with zero attached hydrogens (tertiary/aromatic N) is 2. The number of benzene rings is 2. The van der Waals surface area contributed by atoms with Gasteiger partial charge in [-0.15, -0.1) is 0 Å². The SMILES string of the molecule is CCOc1cc2c(cc1C(=O)NC)C(=N)N(CC(=O)c1cc(N3CCC(C(=O)O)C3)c(OC)c(C(C)(C)C)c1)C2. The molecule has 0 spiro atoms. The molecule has 2 aliphatic rings. The first-order valence-electron chi connectivity index (χ1n) is 13.5. The number of amidine groups is 1. The number of ketones is 1. The van der Waals surface area contributed by atoms with E-state index in [4.69, 9.17) is 14.9 Å². The first kappa shape index (κ1) is 28.9. The topological polar surface area (TPSA) is 132 Å². The van der Waals surface area contributed by atoms with E-state index in [1.807, 2.05) is 38.7 Å². The van der Waals surface area contributed by atoms with Gasteiger partial charge in [0.25, 0.3) is 5.91 Å². The Balaban J connectivity index is 1.66. The predicted octanol–water partition coefficient (Wildman–Crippen LogP) is 3.69. The van der Waals surface area contributed by atoms with E-state index < -0.39 is 11.9 Å². The number of carboxylic acids is 1. The Bertz CT molecular complexity index is 1360. The molecule has 2 aromatic rings. The number of rotatable bonds is 9. The molecule has 0 bridgehead atoms. The van der Waals surface area contributed by atoms with Crippen molar-refractivity contribution in [3.05, 3.63) is 52.1 Å². The van der Waals surface area contributed by atoms with Gasteiger partial charge in [-0.3, -0.25) is 19.8 Å². The van der Waals surface area contributed by atoms with Crippen molar-refractivity contribution in [2.24, 2.45) is 5.92 Å². The minimum Gasteiger partial charge on any atom is -0.494 e. The molecule has 0 radical (unpaired) electrons. The molecule has 10 heteroatoms. The molecule has 1 amide bonds. The summed E-state index contributed by atoms with van der Waals surface area (Å²) in [4.78, 5) is 41.5. The van der Waals surface area contributed by atoms with Crippen LogP contribution < -0.4 is 19.7 Å². The molecule has 40 heavy (non-hydrogen) atoms. The molecule has 1 unspecified atom stereocenters. The number of carbonyl (C=O) groups excluding carboxylic acids is 2. The van der Waals surface area contributed by atoms with Crippen LogP contribution in [0.4, 0.5) is 5.69 Å². The van der Waals surface area contributed by atoms with Crippen molar-refractivity contribution in [3.8, 4) is 11.5 Å². The van der Waals surface area contributed by atoms with Crippen molar-refractivity contribution in [3.63, 3.8) is 0 Å². The lowest BCUT2D eigenvalue weighted by atomic mass is 9.84. The molecule has 1 fully saturated rings. The third-order valence-corrected chi connectivity index (χ3v) is 7.53. The Morgan fingerprint density at radius 2 is 1.90 bits per heavy atom. The number of methoxy groups -OCH3 is 1. The van der Waals surface area contributed by atoms with Crippen LogP contribution in [-0.2, 0) is 16.8 Å². The number of ether oxygens (including phenoxy) is 2. The minimum absolute atomic E-state index is 0.0279. The number of nitrogens with one attached hydrogen (secondary N) is 2. The van der Waals surface area contributed by atoms with Crippen LogP contribution in [-0.4, -0.2) is 73.9 Å². The molecule has 2 aromatic carbocycles. The van der Waals surface area contributed by atoms with Gasteiger partial charge in [-0.1, -0.05) is 20.8 Å². The molecule has 2 aliphatic heterocycles. The van der Waals surface area contributed by atoms with E-state index in [1.165, 1.54) is 0 Å². The van der Waals surface area contributed by atoms with Gasteiger partial charge < -0.3 is 29.7 Å². The summed E-state index contributed by atoms with van der Waals surface area (Å²) in [5.41, 5.74) is 3.45. The van der Waals surface area contributed by atoms with E-state index in [0.29, 0.717) is 66.5 Å². The second-order valence-corrected chi connectivity index (χ2v) is 11.2. The van der Waals surface area contributed by atoms with Crippen molar-refractivity contribution < 1.29 is 29.0 Å². The number of carbonyl (C=O) groups is 3. The maximum Gasteiger partial charge on any atom is 0.308 e. The summed E-state index contributed by atoms with van der Waals surface area (Å²) in [6.07, 6.45) is 0.520. The highest BCUT2D eigenvalue weighted by Crippen LogP contribution is 2.42. The number of aliphatic carboxylic acids is 1. The second kappa shape index (κ2) is 11.2. The van der Waals surface area contributed by atoms with Crippen LogP contribution in [0.1, 0.15) is 71.5 Å². The summed E-state index contributed by atoms with van der Waals surface area (Å²) in [5.74, 6) is -0.525. The fourth-order valence-corrected chi connectivity index (χ4v) is 5.38. The van der Waals surface area contributed by atoms with E-state index >= 15 is 0 Å². The normalized spacial score (nSPS) is 16.6. The first-order valence-corrected chi connectivity index (χ1v) is 13.5. The number of hydrogen-bond acceptors (Lipinski definition) is 7. The maximum atomic E-state index is 13.7. The molecular formula is C30H38N4O6. The summed E-state index contributed by atoms with van der Waals surface area (Å²) in [6, 6.07) is 7.06. The molecule has 0 saturated carbocycles. The highest BCUT2D eigenvalue weighted by atomic mass is 16.5. The second-order valence-electron chi connectivity index (χ2n) is 11.2. The lowest BCUT2D eigenvalue weighted by molar-refractivity contribution is -0.140. The zero-order valence-corrected chi connectivity index (χ0v) is 24.0. The van der Waals surface area contributed by atoms with E-state index in [0.717, 1.165) is 11.1 Å². The quantitative estimate of drug-likeness (QED) is 0.403. The largest absolute Gasteiger partial charge is 0.494 e. The Morgan fingerprint density at radius 1 is 1.18 bits per heavy atom. The summed E-state index contributed by atoms with van der Waals surface area (Å²) in [7, 11) is 3.13. The Kier molecular flexibility index (Phi) is 8.09. The standard InChI is InChI=1S/C30H38N4O6/c1-7-40-25-12-19-15-34(27(31)20(19)13-21(25)28(36)32-5)16-24(35)18-10-22(30(2,3)4)26(39-6)23(11-18)33-9-8-17(14-33)29(37)38/h10-13,17,31H,7-9,14-16H2,1-6H3,(H,32,36)(H,37,38). The van der Waals surface area contributed by atoms with Crippen LogP contribution in [0.5, 0.6) is 11.5 Å². The van der Waals surface area contributed by atoms with Crippen LogP contribution in [0, 0.1) is 11.3 Å². The fourth-order valence-electron chi connectivity index (χ4n) is 5.38. The molecule has 1 atom stereocenters.